The van der Waals surface area contributed by atoms with Crippen LogP contribution in [-0.2, 0) is 35.2 Å². The van der Waals surface area contributed by atoms with Crippen LogP contribution < -0.4 is 10.2 Å². The second-order valence-electron chi connectivity index (χ2n) is 15.7. The van der Waals surface area contributed by atoms with Crippen LogP contribution in [0.5, 0.6) is 0 Å². The minimum absolute atomic E-state index is 0.00662. The highest BCUT2D eigenvalue weighted by Crippen LogP contribution is 2.48. The van der Waals surface area contributed by atoms with Gasteiger partial charge in [0.25, 0.3) is 10.1 Å². The van der Waals surface area contributed by atoms with E-state index in [2.05, 4.69) is 99.3 Å². The minimum atomic E-state index is -4.31. The Morgan fingerprint density at radius 2 is 1.66 bits per heavy atom. The van der Waals surface area contributed by atoms with Crippen molar-refractivity contribution in [2.24, 2.45) is 0 Å². The van der Waals surface area contributed by atoms with Gasteiger partial charge in [-0.15, -0.1) is 0 Å². The average molecular weight is 809 g/mol. The molecular formula is C47H58N3O7S+. The van der Waals surface area contributed by atoms with E-state index in [9.17, 15) is 22.6 Å². The lowest BCUT2D eigenvalue weighted by Gasteiger charge is -2.25. The molecule has 2 aliphatic heterocycles. The summed E-state index contributed by atoms with van der Waals surface area (Å²) in [5.74, 6) is -0.412. The van der Waals surface area contributed by atoms with Crippen molar-refractivity contribution in [1.82, 2.24) is 5.32 Å². The lowest BCUT2D eigenvalue weighted by molar-refractivity contribution is -0.438. The van der Waals surface area contributed by atoms with Crippen LogP contribution in [0.1, 0.15) is 92.9 Å². The second kappa shape index (κ2) is 19.1. The number of carbonyl (C=O) groups excluding carboxylic acids is 2. The van der Waals surface area contributed by atoms with E-state index in [0.29, 0.717) is 31.7 Å². The van der Waals surface area contributed by atoms with Crippen LogP contribution in [0.25, 0.3) is 6.08 Å². The van der Waals surface area contributed by atoms with Gasteiger partial charge in [0.05, 0.1) is 29.1 Å². The molecule has 0 aliphatic carbocycles. The smallest absolute Gasteiger partial charge is 0.338 e. The number of hydrogen-bond donors (Lipinski definition) is 2. The van der Waals surface area contributed by atoms with Gasteiger partial charge in [-0.3, -0.25) is 9.35 Å². The zero-order chi connectivity index (χ0) is 42.1. The molecular weight excluding hydrogens is 751 g/mol. The summed E-state index contributed by atoms with van der Waals surface area (Å²) >= 11 is 0. The third-order valence-electron chi connectivity index (χ3n) is 11.0. The summed E-state index contributed by atoms with van der Waals surface area (Å²) in [6, 6.07) is 18.5. The molecule has 2 aliphatic rings. The van der Waals surface area contributed by atoms with E-state index in [-0.39, 0.29) is 29.4 Å². The normalized spacial score (nSPS) is 16.3. The molecule has 5 rings (SSSR count). The maximum absolute atomic E-state index is 12.5. The van der Waals surface area contributed by atoms with Crippen molar-refractivity contribution in [3.05, 3.63) is 131 Å². The molecule has 2 heterocycles. The van der Waals surface area contributed by atoms with Gasteiger partial charge < -0.3 is 19.7 Å². The number of rotatable bonds is 19. The van der Waals surface area contributed by atoms with Crippen molar-refractivity contribution in [3.8, 4) is 0 Å². The van der Waals surface area contributed by atoms with Crippen molar-refractivity contribution in [3.63, 3.8) is 0 Å². The SMILES string of the molecule is C=Cc1ccc(C(=O)OCCOCCNC(=O)CCCCC[N+]2=C(C=CC=CC=C3N(CC)c4ccc(S(=O)(=O)O)cc4C3(C)C)C(C)(C)c3cc(C)ccc32)cc1. The first-order chi connectivity index (χ1) is 27.6. The summed E-state index contributed by atoms with van der Waals surface area (Å²) < 4.78 is 46.6. The number of fused-ring (bicyclic) bond motifs is 2. The monoisotopic (exact) mass is 808 g/mol. The number of amides is 1. The van der Waals surface area contributed by atoms with Gasteiger partial charge >= 0.3 is 5.97 Å². The average Bonchev–Trinajstić information content (AvgIpc) is 3.53. The Morgan fingerprint density at radius 3 is 2.36 bits per heavy atom. The summed E-state index contributed by atoms with van der Waals surface area (Å²) in [7, 11) is -4.31. The molecule has 0 bridgehead atoms. The number of likely N-dealkylation sites (N-methyl/N-ethyl adjacent to an activating group) is 1. The van der Waals surface area contributed by atoms with E-state index >= 15 is 0 Å². The van der Waals surface area contributed by atoms with Gasteiger partial charge in [-0.1, -0.05) is 68.5 Å². The molecule has 58 heavy (non-hydrogen) atoms. The molecule has 0 saturated heterocycles. The molecule has 10 nitrogen and oxygen atoms in total. The fraction of sp³-hybridized carbons (Fsp3) is 0.383. The number of allylic oxidation sites excluding steroid dienone is 6. The van der Waals surface area contributed by atoms with Gasteiger partial charge in [0.2, 0.25) is 11.6 Å². The second-order valence-corrected chi connectivity index (χ2v) is 17.2. The van der Waals surface area contributed by atoms with Gasteiger partial charge in [-0.25, -0.2) is 4.79 Å². The van der Waals surface area contributed by atoms with Crippen LogP contribution >= 0.6 is 0 Å². The fourth-order valence-electron chi connectivity index (χ4n) is 7.76. The van der Waals surface area contributed by atoms with Crippen LogP contribution in [0.4, 0.5) is 11.4 Å². The number of ether oxygens (including phenoxy) is 2. The van der Waals surface area contributed by atoms with Crippen LogP contribution in [0, 0.1) is 6.92 Å². The molecule has 0 aromatic heterocycles. The lowest BCUT2D eigenvalue weighted by Crippen LogP contribution is -2.28. The molecule has 3 aromatic rings. The summed E-state index contributed by atoms with van der Waals surface area (Å²) in [4.78, 5) is 26.7. The third kappa shape index (κ3) is 10.3. The summed E-state index contributed by atoms with van der Waals surface area (Å²) in [6.45, 7) is 19.2. The highest BCUT2D eigenvalue weighted by Gasteiger charge is 2.44. The van der Waals surface area contributed by atoms with Gasteiger partial charge in [0.15, 0.2) is 5.71 Å². The number of nitrogens with one attached hydrogen (secondary N) is 1. The highest BCUT2D eigenvalue weighted by molar-refractivity contribution is 7.85. The van der Waals surface area contributed by atoms with Crippen molar-refractivity contribution >= 4 is 45.2 Å². The largest absolute Gasteiger partial charge is 0.460 e. The Labute approximate surface area is 344 Å². The van der Waals surface area contributed by atoms with E-state index in [4.69, 9.17) is 9.47 Å². The molecule has 0 fully saturated rings. The fourth-order valence-corrected chi connectivity index (χ4v) is 8.27. The Bertz CT molecular complexity index is 2230. The van der Waals surface area contributed by atoms with Gasteiger partial charge in [0.1, 0.15) is 13.2 Å². The molecule has 11 heteroatoms. The molecule has 0 unspecified atom stereocenters. The predicted octanol–water partition coefficient (Wildman–Crippen LogP) is 8.63. The van der Waals surface area contributed by atoms with Crippen molar-refractivity contribution in [2.75, 3.05) is 44.4 Å². The summed E-state index contributed by atoms with van der Waals surface area (Å²) in [6.07, 6.45) is 15.2. The molecule has 0 saturated carbocycles. The molecule has 308 valence electrons. The standard InChI is InChI=1S/C47H57N3O7S/c1-8-35-20-22-36(23-21-35)45(52)57-31-30-56-29-27-48-44(51)18-14-11-15-28-50-41-25-19-34(3)32-38(41)46(4,5)43(50)17-13-10-12-16-42-47(6,7)39-33-37(58(53,54)55)24-26-40(39)49(42)9-2/h8,10,12-13,16-17,19-26,32-33H,1,9,11,14-15,18,27-31H2,2-7H3,(H-,48,51,53,54,55)/p+1. The molecule has 1 amide bonds. The Balaban J connectivity index is 1.12. The van der Waals surface area contributed by atoms with Crippen molar-refractivity contribution in [2.45, 2.75) is 83.0 Å². The minimum Gasteiger partial charge on any atom is -0.460 e. The first-order valence-corrected chi connectivity index (χ1v) is 21.5. The van der Waals surface area contributed by atoms with E-state index in [0.717, 1.165) is 48.3 Å². The molecule has 0 spiro atoms. The summed E-state index contributed by atoms with van der Waals surface area (Å²) in [5, 5.41) is 2.91. The number of carbonyl (C=O) groups is 2. The number of esters is 1. The van der Waals surface area contributed by atoms with E-state index in [1.165, 1.54) is 28.6 Å². The molecule has 0 radical (unpaired) electrons. The first-order valence-electron chi connectivity index (χ1n) is 20.0. The first kappa shape index (κ1) is 44.0. The van der Waals surface area contributed by atoms with E-state index in [1.54, 1.807) is 42.5 Å². The van der Waals surface area contributed by atoms with Crippen molar-refractivity contribution in [1.29, 1.82) is 0 Å². The third-order valence-corrected chi connectivity index (χ3v) is 11.8. The van der Waals surface area contributed by atoms with Gasteiger partial charge in [-0.2, -0.15) is 13.0 Å². The quantitative estimate of drug-likeness (QED) is 0.0406. The topological polar surface area (TPSA) is 125 Å². The van der Waals surface area contributed by atoms with Gasteiger partial charge in [0, 0.05) is 60.4 Å². The van der Waals surface area contributed by atoms with Crippen LogP contribution in [0.15, 0.2) is 108 Å². The maximum Gasteiger partial charge on any atom is 0.338 e. The molecule has 2 N–H and O–H groups in total. The Hall–Kier alpha value is -5.10. The Kier molecular flexibility index (Phi) is 14.5. The summed E-state index contributed by atoms with van der Waals surface area (Å²) in [5.41, 5.74) is 8.52. The van der Waals surface area contributed by atoms with Crippen LogP contribution in [0.2, 0.25) is 0 Å². The van der Waals surface area contributed by atoms with Crippen LogP contribution in [-0.4, -0.2) is 74.6 Å². The number of anilines is 1. The number of nitrogens with zero attached hydrogens (tertiary/aromatic N) is 2. The highest BCUT2D eigenvalue weighted by atomic mass is 32.2. The number of aryl methyl sites for hydroxylation is 1. The molecule has 3 aromatic carbocycles. The lowest BCUT2D eigenvalue weighted by atomic mass is 9.81. The zero-order valence-corrected chi connectivity index (χ0v) is 35.5. The van der Waals surface area contributed by atoms with Gasteiger partial charge in [-0.05, 0) is 94.1 Å². The predicted molar refractivity (Wildman–Crippen MR) is 232 cm³/mol. The number of unbranched alkanes of at least 4 members (excludes halogenated alkanes) is 2. The van der Waals surface area contributed by atoms with E-state index < -0.39 is 21.5 Å². The molecule has 0 atom stereocenters. The zero-order valence-electron chi connectivity index (χ0n) is 34.7. The van der Waals surface area contributed by atoms with Crippen LogP contribution in [0.3, 0.4) is 0 Å². The van der Waals surface area contributed by atoms with E-state index in [1.807, 2.05) is 12.2 Å². The Morgan fingerprint density at radius 1 is 0.897 bits per heavy atom. The maximum atomic E-state index is 12.5. The van der Waals surface area contributed by atoms with Crippen molar-refractivity contribution < 1.29 is 36.6 Å². The number of benzene rings is 3. The number of hydrogen-bond acceptors (Lipinski definition) is 7.